The van der Waals surface area contributed by atoms with Crippen molar-refractivity contribution in [3.8, 4) is 0 Å². The Hall–Kier alpha value is -1.37. The van der Waals surface area contributed by atoms with Crippen LogP contribution < -0.4 is 10.6 Å². The van der Waals surface area contributed by atoms with Crippen molar-refractivity contribution in [2.45, 2.75) is 19.1 Å². The number of guanidine groups is 1. The lowest BCUT2D eigenvalue weighted by Crippen LogP contribution is -2.38. The number of halogens is 4. The number of rotatable bonds is 5. The minimum absolute atomic E-state index is 0. The van der Waals surface area contributed by atoms with Crippen molar-refractivity contribution in [1.82, 2.24) is 25.4 Å². The fraction of sp³-hybridized carbons (Fsp3) is 0.462. The second kappa shape index (κ2) is 9.20. The highest BCUT2D eigenvalue weighted by Crippen LogP contribution is 2.29. The Morgan fingerprint density at radius 3 is 2.67 bits per heavy atom. The van der Waals surface area contributed by atoms with Gasteiger partial charge in [0, 0.05) is 38.6 Å². The minimum Gasteiger partial charge on any atom is -0.356 e. The highest BCUT2D eigenvalue weighted by atomic mass is 127. The second-order valence-corrected chi connectivity index (χ2v) is 5.62. The van der Waals surface area contributed by atoms with Gasteiger partial charge >= 0.3 is 6.18 Å². The maximum atomic E-state index is 12.5. The summed E-state index contributed by atoms with van der Waals surface area (Å²) < 4.78 is 39.1. The van der Waals surface area contributed by atoms with Gasteiger partial charge in [-0.2, -0.15) is 18.3 Å². The molecule has 6 nitrogen and oxygen atoms in total. The van der Waals surface area contributed by atoms with E-state index in [9.17, 15) is 13.2 Å². The maximum absolute atomic E-state index is 12.5. The van der Waals surface area contributed by atoms with Gasteiger partial charge in [-0.1, -0.05) is 0 Å². The normalized spacial score (nSPS) is 12.0. The Balaban J connectivity index is 0.00000288. The van der Waals surface area contributed by atoms with E-state index in [0.717, 1.165) is 22.4 Å². The van der Waals surface area contributed by atoms with Gasteiger partial charge in [-0.05, 0) is 6.07 Å². The average Bonchev–Trinajstić information content (AvgIpc) is 3.11. The van der Waals surface area contributed by atoms with Crippen LogP contribution in [0.25, 0.3) is 0 Å². The van der Waals surface area contributed by atoms with Gasteiger partial charge in [0.1, 0.15) is 0 Å². The van der Waals surface area contributed by atoms with Gasteiger partial charge in [0.25, 0.3) is 0 Å². The van der Waals surface area contributed by atoms with Gasteiger partial charge in [0.15, 0.2) is 11.7 Å². The van der Waals surface area contributed by atoms with Crippen LogP contribution in [-0.2, 0) is 26.2 Å². The highest BCUT2D eigenvalue weighted by Gasteiger charge is 2.33. The quantitative estimate of drug-likeness (QED) is 0.397. The van der Waals surface area contributed by atoms with E-state index in [4.69, 9.17) is 0 Å². The first-order valence-corrected chi connectivity index (χ1v) is 7.71. The molecule has 0 unspecified atom stereocenters. The molecule has 0 saturated carbocycles. The first kappa shape index (κ1) is 20.7. The molecular weight excluding hydrogens is 456 g/mol. The van der Waals surface area contributed by atoms with E-state index in [2.05, 4.69) is 25.7 Å². The van der Waals surface area contributed by atoms with Crippen molar-refractivity contribution in [3.05, 3.63) is 34.0 Å². The summed E-state index contributed by atoms with van der Waals surface area (Å²) in [6.45, 7) is 0.988. The Morgan fingerprint density at radius 2 is 2.12 bits per heavy atom. The summed E-state index contributed by atoms with van der Waals surface area (Å²) in [6.07, 6.45) is -2.29. The van der Waals surface area contributed by atoms with Gasteiger partial charge in [-0.25, -0.2) is 4.98 Å². The molecule has 0 atom stereocenters. The van der Waals surface area contributed by atoms with E-state index in [-0.39, 0.29) is 24.0 Å². The molecule has 134 valence electrons. The van der Waals surface area contributed by atoms with Crippen molar-refractivity contribution < 1.29 is 13.2 Å². The van der Waals surface area contributed by atoms with Crippen LogP contribution in [0.4, 0.5) is 13.2 Å². The van der Waals surface area contributed by atoms with Gasteiger partial charge in [0.05, 0.1) is 17.2 Å². The standard InChI is InChI=1S/C13H17F3N6S.HI/c1-17-12(19-7-9-3-6-20-22(9)2)18-5-4-11-21-10(8-23-11)13(14,15)16;/h3,6,8H,4-5,7H2,1-2H3,(H2,17,18,19);1H. The van der Waals surface area contributed by atoms with E-state index in [1.54, 1.807) is 17.9 Å². The lowest BCUT2D eigenvalue weighted by atomic mass is 10.4. The van der Waals surface area contributed by atoms with Crippen molar-refractivity contribution in [1.29, 1.82) is 0 Å². The number of aliphatic imine (C=N–C) groups is 1. The van der Waals surface area contributed by atoms with Crippen LogP contribution in [0.2, 0.25) is 0 Å². The predicted octanol–water partition coefficient (Wildman–Crippen LogP) is 2.42. The van der Waals surface area contributed by atoms with Gasteiger partial charge in [0.2, 0.25) is 0 Å². The summed E-state index contributed by atoms with van der Waals surface area (Å²) in [4.78, 5) is 7.64. The van der Waals surface area contributed by atoms with Crippen molar-refractivity contribution in [3.63, 3.8) is 0 Å². The molecule has 0 aliphatic heterocycles. The monoisotopic (exact) mass is 474 g/mol. The van der Waals surface area contributed by atoms with Crippen LogP contribution in [0.3, 0.4) is 0 Å². The lowest BCUT2D eigenvalue weighted by Gasteiger charge is -2.11. The molecule has 11 heteroatoms. The zero-order valence-corrected chi connectivity index (χ0v) is 16.2. The van der Waals surface area contributed by atoms with Gasteiger partial charge in [-0.3, -0.25) is 9.67 Å². The topological polar surface area (TPSA) is 67.1 Å². The van der Waals surface area contributed by atoms with E-state index >= 15 is 0 Å². The summed E-state index contributed by atoms with van der Waals surface area (Å²) in [5, 5.41) is 11.7. The summed E-state index contributed by atoms with van der Waals surface area (Å²) in [5.41, 5.74) is 0.152. The molecule has 2 rings (SSSR count). The van der Waals surface area contributed by atoms with Gasteiger partial charge in [-0.15, -0.1) is 35.3 Å². The minimum atomic E-state index is -4.39. The zero-order chi connectivity index (χ0) is 16.9. The molecule has 0 amide bonds. The molecule has 2 heterocycles. The number of aromatic nitrogens is 3. The molecule has 0 saturated heterocycles. The summed E-state index contributed by atoms with van der Waals surface area (Å²) in [6, 6.07) is 1.88. The van der Waals surface area contributed by atoms with Crippen LogP contribution in [0, 0.1) is 0 Å². The number of hydrogen-bond donors (Lipinski definition) is 2. The molecule has 24 heavy (non-hydrogen) atoms. The molecule has 0 fully saturated rings. The smallest absolute Gasteiger partial charge is 0.356 e. The Bertz CT molecular complexity index is 667. The molecule has 0 radical (unpaired) electrons. The molecular formula is C13H18F3IN6S. The molecule has 2 N–H and O–H groups in total. The number of alkyl halides is 3. The van der Waals surface area contributed by atoms with E-state index in [1.165, 1.54) is 0 Å². The van der Waals surface area contributed by atoms with E-state index in [0.29, 0.717) is 30.5 Å². The highest BCUT2D eigenvalue weighted by molar-refractivity contribution is 14.0. The number of hydrogen-bond acceptors (Lipinski definition) is 4. The fourth-order valence-electron chi connectivity index (χ4n) is 1.81. The van der Waals surface area contributed by atoms with E-state index < -0.39 is 11.9 Å². The third-order valence-electron chi connectivity index (χ3n) is 3.06. The van der Waals surface area contributed by atoms with Crippen LogP contribution >= 0.6 is 35.3 Å². The van der Waals surface area contributed by atoms with Crippen molar-refractivity contribution in [2.24, 2.45) is 12.0 Å². The van der Waals surface area contributed by atoms with Gasteiger partial charge < -0.3 is 10.6 Å². The Kier molecular flexibility index (Phi) is 7.93. The summed E-state index contributed by atoms with van der Waals surface area (Å²) in [7, 11) is 3.47. The SMILES string of the molecule is CN=C(NCCc1nc(C(F)(F)F)cs1)NCc1ccnn1C.I. The summed E-state index contributed by atoms with van der Waals surface area (Å²) >= 11 is 1.01. The average molecular weight is 474 g/mol. The predicted molar refractivity (Wildman–Crippen MR) is 97.6 cm³/mol. The molecule has 0 bridgehead atoms. The lowest BCUT2D eigenvalue weighted by molar-refractivity contribution is -0.140. The third kappa shape index (κ3) is 5.92. The third-order valence-corrected chi connectivity index (χ3v) is 3.97. The van der Waals surface area contributed by atoms with Crippen LogP contribution in [0.5, 0.6) is 0 Å². The number of aryl methyl sites for hydroxylation is 1. The van der Waals surface area contributed by atoms with Crippen molar-refractivity contribution in [2.75, 3.05) is 13.6 Å². The Labute approximate surface area is 158 Å². The number of nitrogens with zero attached hydrogens (tertiary/aromatic N) is 4. The first-order chi connectivity index (χ1) is 10.9. The van der Waals surface area contributed by atoms with Crippen LogP contribution in [0.1, 0.15) is 16.4 Å². The fourth-order valence-corrected chi connectivity index (χ4v) is 2.62. The number of thiazole rings is 1. The first-order valence-electron chi connectivity index (χ1n) is 6.83. The largest absolute Gasteiger partial charge is 0.434 e. The van der Waals surface area contributed by atoms with Crippen molar-refractivity contribution >= 4 is 41.3 Å². The molecule has 2 aromatic heterocycles. The molecule has 0 aromatic carbocycles. The zero-order valence-electron chi connectivity index (χ0n) is 13.1. The molecule has 0 spiro atoms. The summed E-state index contributed by atoms with van der Waals surface area (Å²) in [5.74, 6) is 0.568. The van der Waals surface area contributed by atoms with Crippen LogP contribution in [0.15, 0.2) is 22.6 Å². The maximum Gasteiger partial charge on any atom is 0.434 e. The molecule has 0 aliphatic rings. The molecule has 0 aliphatic carbocycles. The Morgan fingerprint density at radius 1 is 1.38 bits per heavy atom. The number of nitrogens with one attached hydrogen (secondary N) is 2. The van der Waals surface area contributed by atoms with E-state index in [1.807, 2.05) is 13.1 Å². The second-order valence-electron chi connectivity index (χ2n) is 4.67. The molecule has 2 aromatic rings. The van der Waals surface area contributed by atoms with Crippen LogP contribution in [-0.4, -0.2) is 34.3 Å².